The fraction of sp³-hybridized carbons (Fsp3) is 0.421. The molecule has 138 valence electrons. The van der Waals surface area contributed by atoms with Crippen LogP contribution in [0.3, 0.4) is 0 Å². The summed E-state index contributed by atoms with van der Waals surface area (Å²) >= 11 is 0. The zero-order valence-electron chi connectivity index (χ0n) is 15.8. The van der Waals surface area contributed by atoms with Crippen LogP contribution in [-0.2, 0) is 13.6 Å². The first-order valence-corrected chi connectivity index (χ1v) is 8.26. The summed E-state index contributed by atoms with van der Waals surface area (Å²) in [6.07, 6.45) is 2.07. The Hall–Kier alpha value is -1.54. The Balaban J connectivity index is 0.00000312. The van der Waals surface area contributed by atoms with Gasteiger partial charge in [-0.05, 0) is 31.8 Å². The van der Waals surface area contributed by atoms with Crippen LogP contribution in [0.25, 0.3) is 0 Å². The first-order valence-electron chi connectivity index (χ1n) is 8.26. The lowest BCUT2D eigenvalue weighted by atomic mass is 10.1. The van der Waals surface area contributed by atoms with Crippen LogP contribution in [0, 0.1) is 0 Å². The first-order chi connectivity index (χ1) is 11.5. The number of likely N-dealkylation sites (N-methyl/N-ethyl adjacent to an activating group) is 1. The molecule has 25 heavy (non-hydrogen) atoms. The number of aliphatic imine (C=N–C) groups is 1. The van der Waals surface area contributed by atoms with Crippen molar-refractivity contribution in [1.29, 1.82) is 0 Å². The summed E-state index contributed by atoms with van der Waals surface area (Å²) in [5.74, 6) is 0.902. The maximum Gasteiger partial charge on any atom is 0.193 e. The molecular weight excluding hydrogens is 425 g/mol. The van der Waals surface area contributed by atoms with E-state index >= 15 is 0 Å². The van der Waals surface area contributed by atoms with Crippen molar-refractivity contribution in [2.45, 2.75) is 12.6 Å². The van der Waals surface area contributed by atoms with Crippen LogP contribution < -0.4 is 5.32 Å². The van der Waals surface area contributed by atoms with Gasteiger partial charge in [-0.15, -0.1) is 24.0 Å². The summed E-state index contributed by atoms with van der Waals surface area (Å²) in [5.41, 5.74) is 2.56. The lowest BCUT2D eigenvalue weighted by Gasteiger charge is -2.28. The molecule has 0 amide bonds. The van der Waals surface area contributed by atoms with E-state index in [0.717, 1.165) is 19.0 Å². The smallest absolute Gasteiger partial charge is 0.193 e. The quantitative estimate of drug-likeness (QED) is 0.414. The van der Waals surface area contributed by atoms with Gasteiger partial charge in [0.05, 0.1) is 12.6 Å². The molecular formula is C19H30IN5. The number of benzene rings is 1. The SMILES string of the molecule is CN=C(NCC(c1ccccc1)N(C)C)N(C)Cc1cccn1C.I. The van der Waals surface area contributed by atoms with Gasteiger partial charge in [0.25, 0.3) is 0 Å². The lowest BCUT2D eigenvalue weighted by molar-refractivity contribution is 0.295. The van der Waals surface area contributed by atoms with E-state index in [1.807, 2.05) is 7.05 Å². The van der Waals surface area contributed by atoms with E-state index in [0.29, 0.717) is 6.04 Å². The maximum atomic E-state index is 4.43. The van der Waals surface area contributed by atoms with E-state index in [2.05, 4.69) is 102 Å². The van der Waals surface area contributed by atoms with E-state index in [1.165, 1.54) is 11.3 Å². The number of hydrogen-bond donors (Lipinski definition) is 1. The summed E-state index contributed by atoms with van der Waals surface area (Å²) in [6.45, 7) is 1.63. The van der Waals surface area contributed by atoms with Crippen LogP contribution in [0.15, 0.2) is 53.7 Å². The number of halogens is 1. The van der Waals surface area contributed by atoms with E-state index in [4.69, 9.17) is 0 Å². The minimum absolute atomic E-state index is 0. The van der Waals surface area contributed by atoms with Crippen molar-refractivity contribution in [2.75, 3.05) is 34.7 Å². The summed E-state index contributed by atoms with van der Waals surface area (Å²) in [4.78, 5) is 8.80. The Labute approximate surface area is 168 Å². The van der Waals surface area contributed by atoms with Crippen LogP contribution in [0.4, 0.5) is 0 Å². The van der Waals surface area contributed by atoms with Gasteiger partial charge in [-0.3, -0.25) is 4.99 Å². The molecule has 1 atom stereocenters. The molecule has 6 heteroatoms. The highest BCUT2D eigenvalue weighted by Crippen LogP contribution is 2.16. The molecule has 0 bridgehead atoms. The van der Waals surface area contributed by atoms with E-state index in [1.54, 1.807) is 0 Å². The molecule has 0 aliphatic heterocycles. The highest BCUT2D eigenvalue weighted by molar-refractivity contribution is 14.0. The molecule has 1 unspecified atom stereocenters. The number of guanidine groups is 1. The average Bonchev–Trinajstić information content (AvgIpc) is 2.97. The minimum Gasteiger partial charge on any atom is -0.354 e. The number of hydrogen-bond acceptors (Lipinski definition) is 2. The molecule has 0 aliphatic rings. The Kier molecular flexibility index (Phi) is 8.99. The van der Waals surface area contributed by atoms with Gasteiger partial charge in [0, 0.05) is 39.6 Å². The molecule has 5 nitrogen and oxygen atoms in total. The number of nitrogens with one attached hydrogen (secondary N) is 1. The number of aromatic nitrogens is 1. The van der Waals surface area contributed by atoms with Gasteiger partial charge in [-0.25, -0.2) is 0 Å². The number of rotatable bonds is 6. The van der Waals surface area contributed by atoms with Crippen molar-refractivity contribution < 1.29 is 0 Å². The highest BCUT2D eigenvalue weighted by Gasteiger charge is 2.16. The predicted molar refractivity (Wildman–Crippen MR) is 117 cm³/mol. The molecule has 2 aromatic rings. The van der Waals surface area contributed by atoms with Crippen molar-refractivity contribution in [3.8, 4) is 0 Å². The molecule has 0 aliphatic carbocycles. The highest BCUT2D eigenvalue weighted by atomic mass is 127. The predicted octanol–water partition coefficient (Wildman–Crippen LogP) is 2.95. The molecule has 2 rings (SSSR count). The minimum atomic E-state index is 0. The fourth-order valence-electron chi connectivity index (χ4n) is 2.83. The van der Waals surface area contributed by atoms with Crippen LogP contribution in [0.5, 0.6) is 0 Å². The van der Waals surface area contributed by atoms with Gasteiger partial charge >= 0.3 is 0 Å². The molecule has 0 radical (unpaired) electrons. The Morgan fingerprint density at radius 3 is 2.32 bits per heavy atom. The summed E-state index contributed by atoms with van der Waals surface area (Å²) in [6, 6.07) is 15.1. The molecule has 1 N–H and O–H groups in total. The van der Waals surface area contributed by atoms with Gasteiger partial charge < -0.3 is 19.7 Å². The number of aryl methyl sites for hydroxylation is 1. The Morgan fingerprint density at radius 2 is 1.80 bits per heavy atom. The molecule has 1 heterocycles. The van der Waals surface area contributed by atoms with Crippen molar-refractivity contribution >= 4 is 29.9 Å². The van der Waals surface area contributed by atoms with Crippen LogP contribution >= 0.6 is 24.0 Å². The second-order valence-corrected chi connectivity index (χ2v) is 6.28. The third-order valence-electron chi connectivity index (χ3n) is 4.29. The molecule has 0 saturated carbocycles. The Bertz CT molecular complexity index is 651. The van der Waals surface area contributed by atoms with Crippen LogP contribution in [0.1, 0.15) is 17.3 Å². The van der Waals surface area contributed by atoms with Crippen LogP contribution in [0.2, 0.25) is 0 Å². The van der Waals surface area contributed by atoms with Crippen LogP contribution in [-0.4, -0.2) is 55.1 Å². The van der Waals surface area contributed by atoms with Gasteiger partial charge in [-0.2, -0.15) is 0 Å². The monoisotopic (exact) mass is 455 g/mol. The molecule has 0 saturated heterocycles. The summed E-state index contributed by atoms with van der Waals surface area (Å²) in [5, 5.41) is 3.51. The zero-order valence-corrected chi connectivity index (χ0v) is 18.1. The van der Waals surface area contributed by atoms with E-state index in [-0.39, 0.29) is 24.0 Å². The second-order valence-electron chi connectivity index (χ2n) is 6.28. The van der Waals surface area contributed by atoms with E-state index in [9.17, 15) is 0 Å². The maximum absolute atomic E-state index is 4.43. The first kappa shape index (κ1) is 21.5. The zero-order chi connectivity index (χ0) is 17.5. The average molecular weight is 455 g/mol. The topological polar surface area (TPSA) is 35.8 Å². The van der Waals surface area contributed by atoms with Gasteiger partial charge in [0.15, 0.2) is 5.96 Å². The molecule has 1 aromatic heterocycles. The fourth-order valence-corrected chi connectivity index (χ4v) is 2.83. The normalized spacial score (nSPS) is 12.6. The van der Waals surface area contributed by atoms with Gasteiger partial charge in [0.2, 0.25) is 0 Å². The molecule has 0 spiro atoms. The molecule has 1 aromatic carbocycles. The largest absolute Gasteiger partial charge is 0.354 e. The standard InChI is InChI=1S/C19H29N5.HI/c1-20-19(24(5)15-17-12-9-13-23(17)4)21-14-18(22(2)3)16-10-7-6-8-11-16;/h6-13,18H,14-15H2,1-5H3,(H,20,21);1H. The lowest BCUT2D eigenvalue weighted by Crippen LogP contribution is -2.42. The van der Waals surface area contributed by atoms with Gasteiger partial charge in [0.1, 0.15) is 0 Å². The van der Waals surface area contributed by atoms with E-state index < -0.39 is 0 Å². The second kappa shape index (κ2) is 10.5. The third-order valence-corrected chi connectivity index (χ3v) is 4.29. The number of nitrogens with zero attached hydrogens (tertiary/aromatic N) is 4. The van der Waals surface area contributed by atoms with Crippen molar-refractivity contribution in [3.63, 3.8) is 0 Å². The molecule has 0 fully saturated rings. The third kappa shape index (κ3) is 6.04. The Morgan fingerprint density at radius 1 is 1.12 bits per heavy atom. The van der Waals surface area contributed by atoms with Crippen molar-refractivity contribution in [1.82, 2.24) is 19.7 Å². The summed E-state index contributed by atoms with van der Waals surface area (Å²) < 4.78 is 2.14. The van der Waals surface area contributed by atoms with Crippen molar-refractivity contribution in [2.24, 2.45) is 12.0 Å². The summed E-state index contributed by atoms with van der Waals surface area (Å²) in [7, 11) is 10.2. The van der Waals surface area contributed by atoms with Gasteiger partial charge in [-0.1, -0.05) is 30.3 Å². The van der Waals surface area contributed by atoms with Crippen molar-refractivity contribution in [3.05, 3.63) is 59.9 Å².